The van der Waals surface area contributed by atoms with Crippen molar-refractivity contribution in [3.8, 4) is 0 Å². The van der Waals surface area contributed by atoms with Crippen molar-refractivity contribution < 1.29 is 17.9 Å². The molecule has 0 aliphatic carbocycles. The number of aliphatic imine (C=N–C) groups is 1. The van der Waals surface area contributed by atoms with Gasteiger partial charge in [-0.25, -0.2) is 4.98 Å². The minimum Gasteiger partial charge on any atom is -0.367 e. The Labute approximate surface area is 197 Å². The molecule has 0 saturated carbocycles. The highest BCUT2D eigenvalue weighted by molar-refractivity contribution is 14.0. The zero-order valence-electron chi connectivity index (χ0n) is 17.7. The Morgan fingerprint density at radius 1 is 1.26 bits per heavy atom. The molecule has 0 amide bonds. The molecule has 2 atom stereocenters. The molecule has 2 unspecified atom stereocenters. The van der Waals surface area contributed by atoms with Crippen molar-refractivity contribution >= 4 is 29.9 Å². The molecule has 2 heterocycles. The summed E-state index contributed by atoms with van der Waals surface area (Å²) in [7, 11) is 1.77. The Kier molecular flexibility index (Phi) is 9.60. The first-order valence-corrected chi connectivity index (χ1v) is 10.0. The summed E-state index contributed by atoms with van der Waals surface area (Å²) in [4.78, 5) is 10.9. The maximum atomic E-state index is 12.2. The SMILES string of the molecule is CN=C(NCc1ccc(COCC(F)(F)F)cc1)N1CCC(C)C(n2ccnc2)C1.I. The Morgan fingerprint density at radius 2 is 1.97 bits per heavy atom. The average Bonchev–Trinajstić information content (AvgIpc) is 3.24. The molecule has 0 bridgehead atoms. The van der Waals surface area contributed by atoms with Crippen LogP contribution >= 0.6 is 24.0 Å². The highest BCUT2D eigenvalue weighted by atomic mass is 127. The molecule has 1 aliphatic rings. The van der Waals surface area contributed by atoms with Gasteiger partial charge < -0.3 is 19.5 Å². The van der Waals surface area contributed by atoms with Gasteiger partial charge in [-0.05, 0) is 23.5 Å². The van der Waals surface area contributed by atoms with Crippen LogP contribution in [0, 0.1) is 5.92 Å². The first-order valence-electron chi connectivity index (χ1n) is 10.0. The lowest BCUT2D eigenvalue weighted by Crippen LogP contribution is -2.48. The number of guanidine groups is 1. The Hall–Kier alpha value is -1.82. The van der Waals surface area contributed by atoms with E-state index in [-0.39, 0.29) is 30.6 Å². The number of hydrogen-bond donors (Lipinski definition) is 1. The maximum absolute atomic E-state index is 12.2. The normalized spacial score (nSPS) is 19.8. The second-order valence-electron chi connectivity index (χ2n) is 7.61. The van der Waals surface area contributed by atoms with Crippen molar-refractivity contribution in [3.63, 3.8) is 0 Å². The van der Waals surface area contributed by atoms with Crippen molar-refractivity contribution in [2.75, 3.05) is 26.7 Å². The van der Waals surface area contributed by atoms with Crippen LogP contribution in [-0.2, 0) is 17.9 Å². The number of likely N-dealkylation sites (tertiary alicyclic amines) is 1. The van der Waals surface area contributed by atoms with Crippen molar-refractivity contribution in [2.45, 2.75) is 38.7 Å². The third-order valence-corrected chi connectivity index (χ3v) is 5.35. The van der Waals surface area contributed by atoms with E-state index in [9.17, 15) is 13.2 Å². The van der Waals surface area contributed by atoms with Gasteiger partial charge in [0.15, 0.2) is 5.96 Å². The lowest BCUT2D eigenvalue weighted by Gasteiger charge is -2.39. The van der Waals surface area contributed by atoms with Gasteiger partial charge in [-0.2, -0.15) is 13.2 Å². The fourth-order valence-corrected chi connectivity index (χ4v) is 3.65. The van der Waals surface area contributed by atoms with E-state index >= 15 is 0 Å². The number of ether oxygens (including phenoxy) is 1. The summed E-state index contributed by atoms with van der Waals surface area (Å²) < 4.78 is 43.3. The van der Waals surface area contributed by atoms with E-state index in [2.05, 4.69) is 31.7 Å². The molecule has 1 saturated heterocycles. The van der Waals surface area contributed by atoms with E-state index in [1.165, 1.54) is 0 Å². The lowest BCUT2D eigenvalue weighted by molar-refractivity contribution is -0.176. The van der Waals surface area contributed by atoms with E-state index in [1.54, 1.807) is 25.4 Å². The van der Waals surface area contributed by atoms with Crippen LogP contribution in [0.2, 0.25) is 0 Å². The number of nitrogens with zero attached hydrogens (tertiary/aromatic N) is 4. The second kappa shape index (κ2) is 11.7. The van der Waals surface area contributed by atoms with Gasteiger partial charge in [0.25, 0.3) is 0 Å². The monoisotopic (exact) mass is 551 g/mol. The van der Waals surface area contributed by atoms with E-state index in [0.29, 0.717) is 24.1 Å². The molecule has 0 spiro atoms. The first-order chi connectivity index (χ1) is 14.4. The van der Waals surface area contributed by atoms with Crippen LogP contribution in [0.4, 0.5) is 13.2 Å². The van der Waals surface area contributed by atoms with Crippen LogP contribution in [0.15, 0.2) is 48.0 Å². The lowest BCUT2D eigenvalue weighted by atomic mass is 9.93. The zero-order valence-corrected chi connectivity index (χ0v) is 20.0. The molecule has 0 radical (unpaired) electrons. The van der Waals surface area contributed by atoms with Crippen LogP contribution < -0.4 is 5.32 Å². The average molecular weight is 551 g/mol. The van der Waals surface area contributed by atoms with Crippen LogP contribution in [0.1, 0.15) is 30.5 Å². The number of alkyl halides is 3. The number of halogens is 4. The van der Waals surface area contributed by atoms with E-state index in [0.717, 1.165) is 31.0 Å². The highest BCUT2D eigenvalue weighted by Gasteiger charge is 2.29. The van der Waals surface area contributed by atoms with Gasteiger partial charge in [-0.15, -0.1) is 24.0 Å². The summed E-state index contributed by atoms with van der Waals surface area (Å²) in [6.45, 7) is 3.34. The number of hydrogen-bond acceptors (Lipinski definition) is 3. The molecule has 2 aromatic rings. The number of benzene rings is 1. The zero-order chi connectivity index (χ0) is 21.6. The summed E-state index contributed by atoms with van der Waals surface area (Å²) in [6.07, 6.45) is 2.43. The fourth-order valence-electron chi connectivity index (χ4n) is 3.65. The number of aromatic nitrogens is 2. The predicted octanol–water partition coefficient (Wildman–Crippen LogP) is 4.24. The third kappa shape index (κ3) is 7.67. The molecule has 172 valence electrons. The van der Waals surface area contributed by atoms with Gasteiger partial charge in [-0.1, -0.05) is 31.2 Å². The smallest absolute Gasteiger partial charge is 0.367 e. The summed E-state index contributed by atoms with van der Waals surface area (Å²) in [5, 5.41) is 3.39. The van der Waals surface area contributed by atoms with E-state index < -0.39 is 12.8 Å². The Bertz CT molecular complexity index is 811. The van der Waals surface area contributed by atoms with Crippen LogP contribution in [0.3, 0.4) is 0 Å². The maximum Gasteiger partial charge on any atom is 0.411 e. The molecule has 3 rings (SSSR count). The molecular formula is C21H29F3IN5O. The number of imidazole rings is 1. The van der Waals surface area contributed by atoms with Crippen molar-refractivity contribution in [3.05, 3.63) is 54.1 Å². The minimum absolute atomic E-state index is 0. The Balaban J connectivity index is 0.00000341. The van der Waals surface area contributed by atoms with Crippen molar-refractivity contribution in [1.82, 2.24) is 19.8 Å². The van der Waals surface area contributed by atoms with Crippen molar-refractivity contribution in [2.24, 2.45) is 10.9 Å². The van der Waals surface area contributed by atoms with Gasteiger partial charge in [0.1, 0.15) is 6.61 Å². The molecule has 1 fully saturated rings. The molecule has 1 aromatic carbocycles. The van der Waals surface area contributed by atoms with Gasteiger partial charge in [0, 0.05) is 39.1 Å². The quantitative estimate of drug-likeness (QED) is 0.332. The van der Waals surface area contributed by atoms with Gasteiger partial charge in [0.2, 0.25) is 0 Å². The van der Waals surface area contributed by atoms with Crippen molar-refractivity contribution in [1.29, 1.82) is 0 Å². The van der Waals surface area contributed by atoms with Crippen LogP contribution in [0.25, 0.3) is 0 Å². The van der Waals surface area contributed by atoms with Crippen LogP contribution in [0.5, 0.6) is 0 Å². The summed E-state index contributed by atoms with van der Waals surface area (Å²) in [5.41, 5.74) is 1.73. The summed E-state index contributed by atoms with van der Waals surface area (Å²) in [6, 6.07) is 7.69. The van der Waals surface area contributed by atoms with Crippen LogP contribution in [-0.4, -0.2) is 53.3 Å². The van der Waals surface area contributed by atoms with E-state index in [4.69, 9.17) is 4.74 Å². The minimum atomic E-state index is -4.30. The van der Waals surface area contributed by atoms with E-state index in [1.807, 2.05) is 24.7 Å². The standard InChI is InChI=1S/C21H28F3N5O.HI/c1-16-7-9-28(12-19(16)29-10-8-26-15-29)20(25-2)27-11-17-3-5-18(6-4-17)13-30-14-21(22,23)24;/h3-6,8,10,15-16,19H,7,9,11-14H2,1-2H3,(H,25,27);1H. The predicted molar refractivity (Wildman–Crippen MR) is 124 cm³/mol. The molecule has 31 heavy (non-hydrogen) atoms. The number of piperidine rings is 1. The molecule has 1 aliphatic heterocycles. The van der Waals surface area contributed by atoms with Gasteiger partial charge >= 0.3 is 6.18 Å². The second-order valence-corrected chi connectivity index (χ2v) is 7.61. The third-order valence-electron chi connectivity index (χ3n) is 5.35. The van der Waals surface area contributed by atoms with Gasteiger partial charge in [-0.3, -0.25) is 4.99 Å². The molecule has 1 N–H and O–H groups in total. The summed E-state index contributed by atoms with van der Waals surface area (Å²) in [5.74, 6) is 1.39. The number of nitrogens with one attached hydrogen (secondary N) is 1. The topological polar surface area (TPSA) is 54.7 Å². The largest absolute Gasteiger partial charge is 0.411 e. The summed E-state index contributed by atoms with van der Waals surface area (Å²) >= 11 is 0. The molecule has 6 nitrogen and oxygen atoms in total. The molecule has 10 heteroatoms. The highest BCUT2D eigenvalue weighted by Crippen LogP contribution is 2.27. The fraction of sp³-hybridized carbons (Fsp3) is 0.524. The number of rotatable bonds is 6. The molecular weight excluding hydrogens is 522 g/mol. The first kappa shape index (κ1) is 25.4. The van der Waals surface area contributed by atoms with Gasteiger partial charge in [0.05, 0.1) is 19.0 Å². The Morgan fingerprint density at radius 3 is 2.58 bits per heavy atom. The molecule has 1 aromatic heterocycles.